The van der Waals surface area contributed by atoms with Crippen molar-refractivity contribution in [2.45, 2.75) is 4.90 Å². The number of anilines is 2. The van der Waals surface area contributed by atoms with Crippen molar-refractivity contribution < 1.29 is 19.1 Å². The average molecular weight is 664 g/mol. The van der Waals surface area contributed by atoms with Gasteiger partial charge in [0, 0.05) is 26.2 Å². The molecule has 44 heavy (non-hydrogen) atoms. The molecular weight excluding hydrogens is 639 g/mol. The van der Waals surface area contributed by atoms with Gasteiger partial charge >= 0.3 is 0 Å². The summed E-state index contributed by atoms with van der Waals surface area (Å²) in [5.74, 6) is -0.292. The first kappa shape index (κ1) is 31.1. The summed E-state index contributed by atoms with van der Waals surface area (Å²) in [5, 5.41) is 9.60. The second-order valence-electron chi connectivity index (χ2n) is 9.21. The summed E-state index contributed by atoms with van der Waals surface area (Å²) >= 11 is 15.1. The fraction of sp³-hybridized carbons (Fsp3) is 0.0625. The van der Waals surface area contributed by atoms with Crippen molar-refractivity contribution in [3.05, 3.63) is 118 Å². The van der Waals surface area contributed by atoms with E-state index in [0.717, 1.165) is 20.9 Å². The zero-order chi connectivity index (χ0) is 31.1. The van der Waals surface area contributed by atoms with Gasteiger partial charge in [0.15, 0.2) is 5.13 Å². The molecule has 0 spiro atoms. The van der Waals surface area contributed by atoms with Crippen LogP contribution in [0.4, 0.5) is 10.8 Å². The number of halogens is 2. The summed E-state index contributed by atoms with van der Waals surface area (Å²) in [7, 11) is 1.60. The fourth-order valence-electron chi connectivity index (χ4n) is 3.94. The fourth-order valence-corrected chi connectivity index (χ4v) is 6.01. The Balaban J connectivity index is 1.22. The Labute approximate surface area is 271 Å². The molecule has 222 valence electrons. The Morgan fingerprint density at radius 2 is 1.70 bits per heavy atom. The van der Waals surface area contributed by atoms with Crippen LogP contribution in [0.2, 0.25) is 10.0 Å². The third kappa shape index (κ3) is 8.18. The quantitative estimate of drug-likeness (QED) is 0.104. The van der Waals surface area contributed by atoms with Crippen molar-refractivity contribution in [2.75, 3.05) is 23.5 Å². The molecular formula is C32H24Cl2N4O4S2. The predicted octanol–water partition coefficient (Wildman–Crippen LogP) is 7.75. The van der Waals surface area contributed by atoms with E-state index in [1.165, 1.54) is 29.2 Å². The number of hydrogen-bond donors (Lipinski definition) is 3. The monoisotopic (exact) mass is 662 g/mol. The highest BCUT2D eigenvalue weighted by Gasteiger charge is 2.16. The van der Waals surface area contributed by atoms with Gasteiger partial charge in [-0.15, -0.1) is 11.8 Å². The average Bonchev–Trinajstić information content (AvgIpc) is 3.43. The number of carbonyl (C=O) groups is 3. The molecule has 8 nitrogen and oxygen atoms in total. The second kappa shape index (κ2) is 14.4. The summed E-state index contributed by atoms with van der Waals surface area (Å²) in [4.78, 5) is 44.0. The number of nitrogens with zero attached hydrogens (tertiary/aromatic N) is 1. The molecule has 12 heteroatoms. The van der Waals surface area contributed by atoms with Crippen LogP contribution in [0.3, 0.4) is 0 Å². The Bertz CT molecular complexity index is 1860. The molecule has 0 atom stereocenters. The van der Waals surface area contributed by atoms with Crippen molar-refractivity contribution >= 4 is 91.1 Å². The first-order valence-electron chi connectivity index (χ1n) is 13.1. The SMILES string of the molecule is COc1ccc2nc(NC(=O)CSc3ccc(NC(=O)/C(=C/c4ccc(Cl)cc4Cl)NC(=O)c4ccccc4)cc3)sc2c1. The first-order chi connectivity index (χ1) is 21.3. The summed E-state index contributed by atoms with van der Waals surface area (Å²) in [6, 6.07) is 26.0. The minimum atomic E-state index is -0.548. The van der Waals surface area contributed by atoms with Crippen LogP contribution in [-0.2, 0) is 9.59 Å². The predicted molar refractivity (Wildman–Crippen MR) is 179 cm³/mol. The van der Waals surface area contributed by atoms with E-state index in [4.69, 9.17) is 27.9 Å². The number of thioether (sulfide) groups is 1. The van der Waals surface area contributed by atoms with Crippen LogP contribution < -0.4 is 20.7 Å². The second-order valence-corrected chi connectivity index (χ2v) is 12.1. The lowest BCUT2D eigenvalue weighted by atomic mass is 10.1. The number of methoxy groups -OCH3 is 1. The van der Waals surface area contributed by atoms with Crippen molar-refractivity contribution in [3.63, 3.8) is 0 Å². The van der Waals surface area contributed by atoms with E-state index in [2.05, 4.69) is 20.9 Å². The van der Waals surface area contributed by atoms with Gasteiger partial charge in [-0.05, 0) is 78.4 Å². The zero-order valence-corrected chi connectivity index (χ0v) is 26.2. The van der Waals surface area contributed by atoms with Gasteiger partial charge in [0.25, 0.3) is 11.8 Å². The molecule has 3 N–H and O–H groups in total. The van der Waals surface area contributed by atoms with Crippen molar-refractivity contribution in [3.8, 4) is 5.75 Å². The Kier molecular flexibility index (Phi) is 10.2. The molecule has 1 aromatic heterocycles. The number of hydrogen-bond acceptors (Lipinski definition) is 7. The highest BCUT2D eigenvalue weighted by Crippen LogP contribution is 2.30. The van der Waals surface area contributed by atoms with Crippen molar-refractivity contribution in [2.24, 2.45) is 0 Å². The summed E-state index contributed by atoms with van der Waals surface area (Å²) in [6.45, 7) is 0. The molecule has 0 bridgehead atoms. The van der Waals surface area contributed by atoms with Gasteiger partial charge in [0.2, 0.25) is 5.91 Å². The third-order valence-electron chi connectivity index (χ3n) is 6.12. The summed E-state index contributed by atoms with van der Waals surface area (Å²) in [5.41, 5.74) is 2.17. The maximum absolute atomic E-state index is 13.3. The summed E-state index contributed by atoms with van der Waals surface area (Å²) in [6.07, 6.45) is 1.49. The van der Waals surface area contributed by atoms with Gasteiger partial charge in [0.1, 0.15) is 11.4 Å². The number of fused-ring (bicyclic) bond motifs is 1. The third-order valence-corrected chi connectivity index (χ3v) is 8.62. The lowest BCUT2D eigenvalue weighted by Gasteiger charge is -2.12. The van der Waals surface area contributed by atoms with Crippen LogP contribution in [0.1, 0.15) is 15.9 Å². The molecule has 0 aliphatic rings. The van der Waals surface area contributed by atoms with Gasteiger partial charge < -0.3 is 20.7 Å². The van der Waals surface area contributed by atoms with Crippen LogP contribution in [0.25, 0.3) is 16.3 Å². The Hall–Kier alpha value is -4.35. The molecule has 0 saturated carbocycles. The molecule has 0 aliphatic carbocycles. The topological polar surface area (TPSA) is 109 Å². The number of carbonyl (C=O) groups excluding carboxylic acids is 3. The highest BCUT2D eigenvalue weighted by molar-refractivity contribution is 8.00. The number of amides is 3. The molecule has 5 aromatic rings. The van der Waals surface area contributed by atoms with Crippen LogP contribution >= 0.6 is 46.3 Å². The highest BCUT2D eigenvalue weighted by atomic mass is 35.5. The Morgan fingerprint density at radius 3 is 2.43 bits per heavy atom. The molecule has 3 amide bonds. The molecule has 1 heterocycles. The van der Waals surface area contributed by atoms with E-state index >= 15 is 0 Å². The maximum atomic E-state index is 13.3. The molecule has 0 aliphatic heterocycles. The first-order valence-corrected chi connectivity index (χ1v) is 15.6. The molecule has 5 rings (SSSR count). The maximum Gasteiger partial charge on any atom is 0.272 e. The van der Waals surface area contributed by atoms with Crippen molar-refractivity contribution in [1.29, 1.82) is 0 Å². The van der Waals surface area contributed by atoms with Gasteiger partial charge in [-0.1, -0.05) is 58.8 Å². The van der Waals surface area contributed by atoms with Gasteiger partial charge in [0.05, 0.1) is 23.1 Å². The van der Waals surface area contributed by atoms with Crippen molar-refractivity contribution in [1.82, 2.24) is 10.3 Å². The lowest BCUT2D eigenvalue weighted by Crippen LogP contribution is -2.30. The molecule has 4 aromatic carbocycles. The smallest absolute Gasteiger partial charge is 0.272 e. The number of aromatic nitrogens is 1. The van der Waals surface area contributed by atoms with E-state index in [0.29, 0.717) is 32.0 Å². The van der Waals surface area contributed by atoms with Crippen LogP contribution in [0.5, 0.6) is 5.75 Å². The minimum Gasteiger partial charge on any atom is -0.497 e. The van der Waals surface area contributed by atoms with Gasteiger partial charge in [-0.25, -0.2) is 4.98 Å². The van der Waals surface area contributed by atoms with Crippen LogP contribution in [-0.4, -0.2) is 35.6 Å². The van der Waals surface area contributed by atoms with E-state index in [-0.39, 0.29) is 17.4 Å². The Morgan fingerprint density at radius 1 is 0.932 bits per heavy atom. The van der Waals surface area contributed by atoms with E-state index in [9.17, 15) is 14.4 Å². The standard InChI is InChI=1S/C32H24Cl2N4O4S2/c1-42-23-11-14-26-28(17-23)44-32(37-26)38-29(39)18-43-24-12-9-22(10-13-24)35-31(41)27(15-20-7-8-21(33)16-25(20)34)36-30(40)19-5-3-2-4-6-19/h2-17H,18H2,1H3,(H,35,41)(H,36,40)(H,37,38,39)/b27-15-. The molecule has 0 fully saturated rings. The van der Waals surface area contributed by atoms with Gasteiger partial charge in [-0.3, -0.25) is 14.4 Å². The summed E-state index contributed by atoms with van der Waals surface area (Å²) < 4.78 is 6.16. The zero-order valence-electron chi connectivity index (χ0n) is 23.1. The van der Waals surface area contributed by atoms with E-state index < -0.39 is 11.8 Å². The largest absolute Gasteiger partial charge is 0.497 e. The van der Waals surface area contributed by atoms with E-state index in [1.807, 2.05) is 18.2 Å². The number of nitrogens with one attached hydrogen (secondary N) is 3. The number of ether oxygens (including phenoxy) is 1. The normalized spacial score (nSPS) is 11.2. The van der Waals surface area contributed by atoms with Crippen LogP contribution in [0.15, 0.2) is 102 Å². The molecule has 0 saturated heterocycles. The molecule has 0 radical (unpaired) electrons. The molecule has 0 unspecified atom stereocenters. The minimum absolute atomic E-state index is 0.00788. The number of thiazole rings is 1. The van der Waals surface area contributed by atoms with Gasteiger partial charge in [-0.2, -0.15) is 0 Å². The number of rotatable bonds is 10. The van der Waals surface area contributed by atoms with Crippen LogP contribution in [0, 0.1) is 0 Å². The van der Waals surface area contributed by atoms with E-state index in [1.54, 1.807) is 79.9 Å². The lowest BCUT2D eigenvalue weighted by molar-refractivity contribution is -0.114. The number of benzene rings is 4.